The molecular formula is C7H10F6O3. The fraction of sp³-hybridized carbons (Fsp3) is 0.857. The van der Waals surface area contributed by atoms with Gasteiger partial charge in [-0.25, -0.2) is 0 Å². The monoisotopic (exact) mass is 256 g/mol. The molecule has 0 radical (unpaired) electrons. The maximum atomic E-state index is 11.0. The minimum absolute atomic E-state index is 0.211. The molecule has 16 heavy (non-hydrogen) atoms. The highest BCUT2D eigenvalue weighted by Gasteiger charge is 2.55. The number of hydrogen-bond acceptors (Lipinski definition) is 3. The second-order valence-electron chi connectivity index (χ2n) is 2.41. The van der Waals surface area contributed by atoms with Crippen LogP contribution in [0.2, 0.25) is 0 Å². The van der Waals surface area contributed by atoms with Crippen LogP contribution < -0.4 is 0 Å². The molecule has 98 valence electrons. The number of rotatable bonds is 1. The second kappa shape index (κ2) is 6.56. The largest absolute Gasteiger partial charge is 0.466 e. The molecule has 0 aliphatic rings. The first-order chi connectivity index (χ1) is 6.92. The Morgan fingerprint density at radius 3 is 1.50 bits per heavy atom. The van der Waals surface area contributed by atoms with E-state index in [1.54, 1.807) is 6.92 Å². The first kappa shape index (κ1) is 17.4. The van der Waals surface area contributed by atoms with E-state index in [-0.39, 0.29) is 5.97 Å². The van der Waals surface area contributed by atoms with Gasteiger partial charge >= 0.3 is 18.3 Å². The second-order valence-corrected chi connectivity index (χ2v) is 2.41. The lowest BCUT2D eigenvalue weighted by atomic mass is 10.3. The molecule has 1 N–H and O–H groups in total. The molecule has 0 rings (SSSR count). The highest BCUT2D eigenvalue weighted by atomic mass is 19.4. The molecule has 9 heteroatoms. The number of carbonyl (C=O) groups is 1. The zero-order valence-electron chi connectivity index (χ0n) is 8.32. The summed E-state index contributed by atoms with van der Waals surface area (Å²) in [6.07, 6.45) is -15.5. The van der Waals surface area contributed by atoms with E-state index in [9.17, 15) is 31.1 Å². The molecule has 0 aromatic carbocycles. The summed E-state index contributed by atoms with van der Waals surface area (Å²) in [5, 5.41) is 7.47. The molecule has 0 atom stereocenters. The number of alkyl halides is 6. The summed E-state index contributed by atoms with van der Waals surface area (Å²) < 4.78 is 70.3. The van der Waals surface area contributed by atoms with Gasteiger partial charge in [-0.3, -0.25) is 4.79 Å². The Morgan fingerprint density at radius 1 is 1.19 bits per heavy atom. The number of aliphatic hydroxyl groups excluding tert-OH is 1. The van der Waals surface area contributed by atoms with Crippen molar-refractivity contribution in [1.82, 2.24) is 0 Å². The molecule has 0 amide bonds. The van der Waals surface area contributed by atoms with E-state index in [4.69, 9.17) is 5.11 Å². The summed E-state index contributed by atoms with van der Waals surface area (Å²) in [5.74, 6) is -0.211. The van der Waals surface area contributed by atoms with E-state index in [0.717, 1.165) is 0 Å². The Hall–Kier alpha value is -0.990. The molecule has 0 unspecified atom stereocenters. The molecular weight excluding hydrogens is 246 g/mol. The van der Waals surface area contributed by atoms with Crippen LogP contribution >= 0.6 is 0 Å². The van der Waals surface area contributed by atoms with Crippen molar-refractivity contribution in [2.24, 2.45) is 0 Å². The number of aliphatic hydroxyl groups is 1. The minimum Gasteiger partial charge on any atom is -0.466 e. The Balaban J connectivity index is 0. The summed E-state index contributed by atoms with van der Waals surface area (Å²) in [4.78, 5) is 9.82. The van der Waals surface area contributed by atoms with Crippen LogP contribution in [-0.4, -0.2) is 36.1 Å². The van der Waals surface area contributed by atoms with Crippen LogP contribution in [0, 0.1) is 0 Å². The average Bonchev–Trinajstić information content (AvgIpc) is 2.00. The van der Waals surface area contributed by atoms with Crippen molar-refractivity contribution in [2.75, 3.05) is 6.61 Å². The van der Waals surface area contributed by atoms with E-state index < -0.39 is 18.5 Å². The molecule has 0 aliphatic carbocycles. The molecule has 0 aromatic heterocycles. The van der Waals surface area contributed by atoms with Crippen molar-refractivity contribution in [3.8, 4) is 0 Å². The third kappa shape index (κ3) is 9.56. The number of ether oxygens (including phenoxy) is 1. The maximum absolute atomic E-state index is 11.0. The summed E-state index contributed by atoms with van der Waals surface area (Å²) in [5.41, 5.74) is 0. The molecule has 0 heterocycles. The van der Waals surface area contributed by atoms with Gasteiger partial charge in [0.1, 0.15) is 0 Å². The van der Waals surface area contributed by atoms with E-state index in [1.807, 2.05) is 0 Å². The number of esters is 1. The Morgan fingerprint density at radius 2 is 1.50 bits per heavy atom. The van der Waals surface area contributed by atoms with Gasteiger partial charge < -0.3 is 9.84 Å². The SMILES string of the molecule is CCOC(C)=O.OC(C(F)(F)F)C(F)(F)F. The third-order valence-corrected chi connectivity index (χ3v) is 0.968. The van der Waals surface area contributed by atoms with Crippen molar-refractivity contribution < 1.29 is 41.0 Å². The fourth-order valence-corrected chi connectivity index (χ4v) is 0.389. The lowest BCUT2D eigenvalue weighted by Gasteiger charge is -2.16. The molecule has 0 saturated heterocycles. The van der Waals surface area contributed by atoms with Gasteiger partial charge in [0, 0.05) is 6.92 Å². The van der Waals surface area contributed by atoms with Crippen LogP contribution in [0.1, 0.15) is 13.8 Å². The average molecular weight is 256 g/mol. The molecule has 0 spiro atoms. The fourth-order valence-electron chi connectivity index (χ4n) is 0.389. The van der Waals surface area contributed by atoms with Gasteiger partial charge in [-0.05, 0) is 6.92 Å². The van der Waals surface area contributed by atoms with Crippen molar-refractivity contribution in [2.45, 2.75) is 32.3 Å². The van der Waals surface area contributed by atoms with Crippen LogP contribution in [0.4, 0.5) is 26.3 Å². The van der Waals surface area contributed by atoms with E-state index >= 15 is 0 Å². The maximum Gasteiger partial charge on any atom is 0.423 e. The van der Waals surface area contributed by atoms with E-state index in [1.165, 1.54) is 6.92 Å². The topological polar surface area (TPSA) is 46.5 Å². The van der Waals surface area contributed by atoms with Crippen LogP contribution in [0.25, 0.3) is 0 Å². The van der Waals surface area contributed by atoms with Gasteiger partial charge in [0.25, 0.3) is 0 Å². The summed E-state index contributed by atoms with van der Waals surface area (Å²) in [7, 11) is 0. The highest BCUT2D eigenvalue weighted by Crippen LogP contribution is 2.32. The number of carbonyl (C=O) groups excluding carboxylic acids is 1. The van der Waals surface area contributed by atoms with Crippen LogP contribution in [0.5, 0.6) is 0 Å². The smallest absolute Gasteiger partial charge is 0.423 e. The van der Waals surface area contributed by atoms with Crippen molar-refractivity contribution in [1.29, 1.82) is 0 Å². The van der Waals surface area contributed by atoms with E-state index in [0.29, 0.717) is 6.61 Å². The van der Waals surface area contributed by atoms with Gasteiger partial charge in [-0.1, -0.05) is 0 Å². The molecule has 0 aliphatic heterocycles. The van der Waals surface area contributed by atoms with Gasteiger partial charge in [0.05, 0.1) is 6.61 Å². The lowest BCUT2D eigenvalue weighted by Crippen LogP contribution is -2.41. The molecule has 0 saturated carbocycles. The highest BCUT2D eigenvalue weighted by molar-refractivity contribution is 5.65. The lowest BCUT2D eigenvalue weighted by molar-refractivity contribution is -0.308. The van der Waals surface area contributed by atoms with Crippen LogP contribution in [-0.2, 0) is 9.53 Å². The first-order valence-corrected chi connectivity index (χ1v) is 3.87. The number of halogens is 6. The van der Waals surface area contributed by atoms with E-state index in [2.05, 4.69) is 4.74 Å². The first-order valence-electron chi connectivity index (χ1n) is 3.87. The summed E-state index contributed by atoms with van der Waals surface area (Å²) in [6, 6.07) is 0. The standard InChI is InChI=1S/C4H8O2.C3H2F6O/c1-3-6-4(2)5;4-2(5,6)1(10)3(7,8)9/h3H2,1-2H3;1,10H. The third-order valence-electron chi connectivity index (χ3n) is 0.968. The molecule has 0 fully saturated rings. The zero-order valence-corrected chi connectivity index (χ0v) is 8.32. The van der Waals surface area contributed by atoms with Crippen LogP contribution in [0.15, 0.2) is 0 Å². The Kier molecular flexibility index (Phi) is 7.14. The van der Waals surface area contributed by atoms with Gasteiger partial charge in [0.2, 0.25) is 6.10 Å². The minimum atomic E-state index is -5.63. The zero-order chi connectivity index (χ0) is 13.6. The van der Waals surface area contributed by atoms with Crippen molar-refractivity contribution in [3.63, 3.8) is 0 Å². The number of hydrogen-bond donors (Lipinski definition) is 1. The molecule has 3 nitrogen and oxygen atoms in total. The molecule has 0 bridgehead atoms. The predicted molar refractivity (Wildman–Crippen MR) is 40.4 cm³/mol. The summed E-state index contributed by atoms with van der Waals surface area (Å²) in [6.45, 7) is 3.65. The van der Waals surface area contributed by atoms with Crippen molar-refractivity contribution >= 4 is 5.97 Å². The van der Waals surface area contributed by atoms with Gasteiger partial charge in [-0.15, -0.1) is 0 Å². The summed E-state index contributed by atoms with van der Waals surface area (Å²) >= 11 is 0. The Bertz CT molecular complexity index is 195. The quantitative estimate of drug-likeness (QED) is 0.577. The van der Waals surface area contributed by atoms with Gasteiger partial charge in [0.15, 0.2) is 0 Å². The predicted octanol–water partition coefficient (Wildman–Crippen LogP) is 2.04. The van der Waals surface area contributed by atoms with Crippen molar-refractivity contribution in [3.05, 3.63) is 0 Å². The van der Waals surface area contributed by atoms with Gasteiger partial charge in [-0.2, -0.15) is 26.3 Å². The Labute approximate surface area is 87.0 Å². The normalized spacial score (nSPS) is 11.9. The molecule has 0 aromatic rings. The van der Waals surface area contributed by atoms with Crippen LogP contribution in [0.3, 0.4) is 0 Å².